The average molecular weight is 296 g/mol. The summed E-state index contributed by atoms with van der Waals surface area (Å²) < 4.78 is 39.3. The number of sulfonamides is 1. The molecule has 0 spiro atoms. The molecule has 0 N–H and O–H groups in total. The monoisotopic (exact) mass is 296 g/mol. The lowest BCUT2D eigenvalue weighted by atomic mass is 9.85. The third kappa shape index (κ3) is 3.35. The van der Waals surface area contributed by atoms with Crippen LogP contribution in [0.5, 0.6) is 0 Å². The fraction of sp³-hybridized carbons (Fsp3) is 0.500. The normalized spacial score (nSPS) is 15.8. The number of hydrogen-bond acceptors (Lipinski definition) is 3. The Labute approximate surface area is 118 Å². The largest absolute Gasteiger partial charge is 0.243 e. The van der Waals surface area contributed by atoms with Gasteiger partial charge in [-0.2, -0.15) is 9.57 Å². The zero-order chi connectivity index (χ0) is 14.6. The number of nitrogens with zero attached hydrogens (tertiary/aromatic N) is 2. The standard InChI is InChI=1S/C14H17FN2O2S/c15-13-5-7-14(8-6-13)20(18,19)17(10-2-9-16)11-12-3-1-4-12/h5-8,12H,1-4,10-11H2. The molecule has 4 nitrogen and oxygen atoms in total. The predicted molar refractivity (Wildman–Crippen MR) is 72.7 cm³/mol. The van der Waals surface area contributed by atoms with E-state index in [1.165, 1.54) is 16.4 Å². The van der Waals surface area contributed by atoms with Crippen LogP contribution >= 0.6 is 0 Å². The summed E-state index contributed by atoms with van der Waals surface area (Å²) in [6, 6.07) is 6.79. The predicted octanol–water partition coefficient (Wildman–Crippen LogP) is 2.53. The van der Waals surface area contributed by atoms with Gasteiger partial charge in [-0.25, -0.2) is 12.8 Å². The van der Waals surface area contributed by atoms with Crippen molar-refractivity contribution in [1.82, 2.24) is 4.31 Å². The molecule has 2 rings (SSSR count). The molecule has 1 aromatic carbocycles. The first-order chi connectivity index (χ1) is 9.54. The maximum atomic E-state index is 12.9. The zero-order valence-corrected chi connectivity index (χ0v) is 11.9. The van der Waals surface area contributed by atoms with Gasteiger partial charge in [-0.15, -0.1) is 0 Å². The summed E-state index contributed by atoms with van der Waals surface area (Å²) in [4.78, 5) is 0.0798. The summed E-state index contributed by atoms with van der Waals surface area (Å²) in [7, 11) is -3.65. The van der Waals surface area contributed by atoms with Crippen molar-refractivity contribution in [1.29, 1.82) is 5.26 Å². The first-order valence-corrected chi connectivity index (χ1v) is 8.10. The molecule has 0 saturated heterocycles. The fourth-order valence-corrected chi connectivity index (χ4v) is 3.72. The Hall–Kier alpha value is -1.45. The van der Waals surface area contributed by atoms with Crippen molar-refractivity contribution in [2.45, 2.75) is 30.6 Å². The highest BCUT2D eigenvalue weighted by molar-refractivity contribution is 7.89. The van der Waals surface area contributed by atoms with Gasteiger partial charge in [-0.1, -0.05) is 6.42 Å². The molecule has 108 valence electrons. The Kier molecular flexibility index (Phi) is 4.73. The van der Waals surface area contributed by atoms with Crippen LogP contribution < -0.4 is 0 Å². The van der Waals surface area contributed by atoms with Crippen LogP contribution in [0.1, 0.15) is 25.7 Å². The molecule has 0 atom stereocenters. The Balaban J connectivity index is 2.20. The first-order valence-electron chi connectivity index (χ1n) is 6.66. The van der Waals surface area contributed by atoms with Gasteiger partial charge in [0.1, 0.15) is 5.82 Å². The van der Waals surface area contributed by atoms with Crippen LogP contribution in [-0.4, -0.2) is 25.8 Å². The van der Waals surface area contributed by atoms with Crippen LogP contribution in [0.3, 0.4) is 0 Å². The summed E-state index contributed by atoms with van der Waals surface area (Å²) in [5.41, 5.74) is 0. The maximum Gasteiger partial charge on any atom is 0.243 e. The van der Waals surface area contributed by atoms with E-state index >= 15 is 0 Å². The second-order valence-electron chi connectivity index (χ2n) is 5.02. The molecule has 1 aromatic rings. The molecule has 6 heteroatoms. The minimum Gasteiger partial charge on any atom is -0.207 e. The molecule has 20 heavy (non-hydrogen) atoms. The molecule has 1 aliphatic rings. The number of hydrogen-bond donors (Lipinski definition) is 0. The summed E-state index contributed by atoms with van der Waals surface area (Å²) in [5.74, 6) is -0.0876. The summed E-state index contributed by atoms with van der Waals surface area (Å²) in [5, 5.41) is 8.67. The van der Waals surface area contributed by atoms with E-state index in [0.717, 1.165) is 31.4 Å². The number of benzene rings is 1. The smallest absolute Gasteiger partial charge is 0.207 e. The van der Waals surface area contributed by atoms with E-state index in [1.54, 1.807) is 0 Å². The Bertz CT molecular complexity index is 589. The highest BCUT2D eigenvalue weighted by atomic mass is 32.2. The number of halogens is 1. The lowest BCUT2D eigenvalue weighted by Crippen LogP contribution is -2.38. The van der Waals surface area contributed by atoms with Crippen LogP contribution in [-0.2, 0) is 10.0 Å². The Morgan fingerprint density at radius 3 is 2.45 bits per heavy atom. The summed E-state index contributed by atoms with van der Waals surface area (Å²) >= 11 is 0. The van der Waals surface area contributed by atoms with Crippen molar-refractivity contribution in [2.75, 3.05) is 13.1 Å². The lowest BCUT2D eigenvalue weighted by molar-refractivity contribution is 0.247. The Morgan fingerprint density at radius 2 is 1.95 bits per heavy atom. The maximum absolute atomic E-state index is 12.9. The van der Waals surface area contributed by atoms with Gasteiger partial charge in [0, 0.05) is 19.5 Å². The molecule has 0 heterocycles. The third-order valence-corrected chi connectivity index (χ3v) is 5.49. The molecule has 1 aliphatic carbocycles. The molecule has 1 fully saturated rings. The van der Waals surface area contributed by atoms with Gasteiger partial charge in [0.15, 0.2) is 0 Å². The van der Waals surface area contributed by atoms with Crippen LogP contribution in [0, 0.1) is 23.1 Å². The van der Waals surface area contributed by atoms with Crippen molar-refractivity contribution in [2.24, 2.45) is 5.92 Å². The van der Waals surface area contributed by atoms with Crippen LogP contribution in [0.4, 0.5) is 4.39 Å². The van der Waals surface area contributed by atoms with E-state index in [9.17, 15) is 12.8 Å². The van der Waals surface area contributed by atoms with Gasteiger partial charge in [0.05, 0.1) is 11.0 Å². The van der Waals surface area contributed by atoms with E-state index < -0.39 is 15.8 Å². The lowest BCUT2D eigenvalue weighted by Gasteiger charge is -2.31. The minimum atomic E-state index is -3.65. The van der Waals surface area contributed by atoms with E-state index in [2.05, 4.69) is 0 Å². The number of nitriles is 1. The van der Waals surface area contributed by atoms with Crippen LogP contribution in [0.15, 0.2) is 29.2 Å². The van der Waals surface area contributed by atoms with Gasteiger partial charge >= 0.3 is 0 Å². The molecule has 0 radical (unpaired) electrons. The van der Waals surface area contributed by atoms with Gasteiger partial charge in [0.25, 0.3) is 0 Å². The first kappa shape index (κ1) is 14.9. The second kappa shape index (κ2) is 6.33. The molecule has 0 aromatic heterocycles. The highest BCUT2D eigenvalue weighted by Crippen LogP contribution is 2.29. The van der Waals surface area contributed by atoms with Crippen molar-refractivity contribution < 1.29 is 12.8 Å². The van der Waals surface area contributed by atoms with E-state index in [0.29, 0.717) is 12.5 Å². The van der Waals surface area contributed by atoms with E-state index in [4.69, 9.17) is 5.26 Å². The van der Waals surface area contributed by atoms with E-state index in [-0.39, 0.29) is 17.9 Å². The van der Waals surface area contributed by atoms with Crippen LogP contribution in [0.25, 0.3) is 0 Å². The quantitative estimate of drug-likeness (QED) is 0.810. The number of rotatable bonds is 6. The Morgan fingerprint density at radius 1 is 1.30 bits per heavy atom. The zero-order valence-electron chi connectivity index (χ0n) is 11.1. The SMILES string of the molecule is N#CCCN(CC1CCC1)S(=O)(=O)c1ccc(F)cc1. The molecule has 0 amide bonds. The topological polar surface area (TPSA) is 61.2 Å². The molecule has 0 aliphatic heterocycles. The van der Waals surface area contributed by atoms with Crippen molar-refractivity contribution in [3.05, 3.63) is 30.1 Å². The summed E-state index contributed by atoms with van der Waals surface area (Å²) in [6.45, 7) is 0.633. The van der Waals surface area contributed by atoms with Crippen LogP contribution in [0.2, 0.25) is 0 Å². The van der Waals surface area contributed by atoms with Crippen molar-refractivity contribution >= 4 is 10.0 Å². The molecule has 0 unspecified atom stereocenters. The average Bonchev–Trinajstić information content (AvgIpc) is 2.37. The second-order valence-corrected chi connectivity index (χ2v) is 6.96. The van der Waals surface area contributed by atoms with Gasteiger partial charge in [-0.3, -0.25) is 0 Å². The van der Waals surface area contributed by atoms with Gasteiger partial charge in [-0.05, 0) is 43.0 Å². The van der Waals surface area contributed by atoms with Gasteiger partial charge in [0.2, 0.25) is 10.0 Å². The van der Waals surface area contributed by atoms with Gasteiger partial charge < -0.3 is 0 Å². The molecule has 1 saturated carbocycles. The highest BCUT2D eigenvalue weighted by Gasteiger charge is 2.29. The van der Waals surface area contributed by atoms with Crippen molar-refractivity contribution in [3.8, 4) is 6.07 Å². The van der Waals surface area contributed by atoms with Crippen molar-refractivity contribution in [3.63, 3.8) is 0 Å². The molecular formula is C14H17FN2O2S. The summed E-state index contributed by atoms with van der Waals surface area (Å²) in [6.07, 6.45) is 3.35. The fourth-order valence-electron chi connectivity index (χ4n) is 2.20. The molecular weight excluding hydrogens is 279 g/mol. The minimum absolute atomic E-state index is 0.0798. The van der Waals surface area contributed by atoms with E-state index in [1.807, 2.05) is 6.07 Å². The molecule has 0 bridgehead atoms. The third-order valence-electron chi connectivity index (χ3n) is 3.61.